The Morgan fingerprint density at radius 1 is 1.25 bits per heavy atom. The first-order valence-electron chi connectivity index (χ1n) is 5.66. The standard InChI is InChI=1S/C13H10ClN3O3/c1-8-2-4-9(5-3-8)13(18)16-12-10(17(19)20)6-7-11(14)15-12/h2-7H,1H3,(H,15,16,18). The van der Waals surface area contributed by atoms with Crippen LogP contribution in [0.4, 0.5) is 11.5 Å². The Balaban J connectivity index is 2.29. The van der Waals surface area contributed by atoms with Crippen molar-refractivity contribution in [2.24, 2.45) is 0 Å². The number of nitro groups is 1. The van der Waals surface area contributed by atoms with Crippen LogP contribution in [0.5, 0.6) is 0 Å². The van der Waals surface area contributed by atoms with Crippen molar-refractivity contribution in [1.82, 2.24) is 4.98 Å². The van der Waals surface area contributed by atoms with Gasteiger partial charge in [0.15, 0.2) is 0 Å². The Morgan fingerprint density at radius 3 is 2.50 bits per heavy atom. The van der Waals surface area contributed by atoms with E-state index in [9.17, 15) is 14.9 Å². The number of aromatic nitrogens is 1. The highest BCUT2D eigenvalue weighted by atomic mass is 35.5. The molecule has 1 N–H and O–H groups in total. The molecule has 1 heterocycles. The second-order valence-electron chi connectivity index (χ2n) is 4.08. The number of amides is 1. The molecular formula is C13H10ClN3O3. The van der Waals surface area contributed by atoms with E-state index in [4.69, 9.17) is 11.6 Å². The smallest absolute Gasteiger partial charge is 0.301 e. The number of anilines is 1. The first kappa shape index (κ1) is 14.0. The largest absolute Gasteiger partial charge is 0.311 e. The number of nitrogens with one attached hydrogen (secondary N) is 1. The molecule has 1 aromatic heterocycles. The van der Waals surface area contributed by atoms with Gasteiger partial charge in [-0.1, -0.05) is 29.3 Å². The lowest BCUT2D eigenvalue weighted by atomic mass is 10.1. The van der Waals surface area contributed by atoms with Crippen LogP contribution in [0.25, 0.3) is 0 Å². The highest BCUT2D eigenvalue weighted by molar-refractivity contribution is 6.29. The van der Waals surface area contributed by atoms with Crippen LogP contribution in [-0.2, 0) is 0 Å². The van der Waals surface area contributed by atoms with Gasteiger partial charge in [0, 0.05) is 11.6 Å². The summed E-state index contributed by atoms with van der Waals surface area (Å²) in [5.74, 6) is -0.657. The molecule has 6 nitrogen and oxygen atoms in total. The van der Waals surface area contributed by atoms with Gasteiger partial charge < -0.3 is 5.32 Å². The summed E-state index contributed by atoms with van der Waals surface area (Å²) in [4.78, 5) is 26.0. The first-order valence-corrected chi connectivity index (χ1v) is 6.04. The summed E-state index contributed by atoms with van der Waals surface area (Å²) in [5, 5.41) is 13.3. The van der Waals surface area contributed by atoms with Gasteiger partial charge in [-0.25, -0.2) is 4.98 Å². The number of nitrogens with zero attached hydrogens (tertiary/aromatic N) is 2. The van der Waals surface area contributed by atoms with E-state index in [2.05, 4.69) is 10.3 Å². The molecule has 0 aliphatic heterocycles. The molecule has 0 aliphatic carbocycles. The molecule has 0 spiro atoms. The topological polar surface area (TPSA) is 85.1 Å². The minimum absolute atomic E-state index is 0.0646. The van der Waals surface area contributed by atoms with Crippen molar-refractivity contribution in [3.8, 4) is 0 Å². The van der Waals surface area contributed by atoms with Crippen LogP contribution in [0.3, 0.4) is 0 Å². The maximum atomic E-state index is 12.0. The number of carbonyl (C=O) groups excluding carboxylic acids is 1. The minimum Gasteiger partial charge on any atom is -0.301 e. The predicted molar refractivity (Wildman–Crippen MR) is 75.0 cm³/mol. The molecule has 102 valence electrons. The maximum absolute atomic E-state index is 12.0. The van der Waals surface area contributed by atoms with Crippen molar-refractivity contribution >= 4 is 29.0 Å². The number of rotatable bonds is 3. The molecule has 0 saturated carbocycles. The van der Waals surface area contributed by atoms with Gasteiger partial charge in [0.25, 0.3) is 5.91 Å². The van der Waals surface area contributed by atoms with E-state index in [0.717, 1.165) is 5.56 Å². The van der Waals surface area contributed by atoms with Crippen LogP contribution in [0, 0.1) is 17.0 Å². The fraction of sp³-hybridized carbons (Fsp3) is 0.0769. The SMILES string of the molecule is Cc1ccc(C(=O)Nc2nc(Cl)ccc2[N+](=O)[O-])cc1. The lowest BCUT2D eigenvalue weighted by Crippen LogP contribution is -2.14. The molecule has 1 amide bonds. The van der Waals surface area contributed by atoms with Crippen molar-refractivity contribution in [3.63, 3.8) is 0 Å². The Kier molecular flexibility index (Phi) is 3.95. The number of pyridine rings is 1. The lowest BCUT2D eigenvalue weighted by molar-refractivity contribution is -0.384. The van der Waals surface area contributed by atoms with Crippen molar-refractivity contribution in [2.75, 3.05) is 5.32 Å². The summed E-state index contributed by atoms with van der Waals surface area (Å²) < 4.78 is 0. The molecule has 20 heavy (non-hydrogen) atoms. The van der Waals surface area contributed by atoms with Gasteiger partial charge in [-0.3, -0.25) is 14.9 Å². The highest BCUT2D eigenvalue weighted by Crippen LogP contribution is 2.24. The van der Waals surface area contributed by atoms with Crippen LogP contribution in [0.1, 0.15) is 15.9 Å². The monoisotopic (exact) mass is 291 g/mol. The third-order valence-electron chi connectivity index (χ3n) is 2.58. The molecule has 0 aliphatic rings. The molecule has 0 atom stereocenters. The van der Waals surface area contributed by atoms with Crippen LogP contribution in [-0.4, -0.2) is 15.8 Å². The lowest BCUT2D eigenvalue weighted by Gasteiger charge is -2.05. The van der Waals surface area contributed by atoms with Gasteiger partial charge in [0.2, 0.25) is 5.82 Å². The van der Waals surface area contributed by atoms with E-state index >= 15 is 0 Å². The predicted octanol–water partition coefficient (Wildman–Crippen LogP) is 3.20. The summed E-state index contributed by atoms with van der Waals surface area (Å²) in [6.07, 6.45) is 0. The number of benzene rings is 1. The zero-order valence-electron chi connectivity index (χ0n) is 10.5. The van der Waals surface area contributed by atoms with Crippen molar-refractivity contribution in [1.29, 1.82) is 0 Å². The van der Waals surface area contributed by atoms with Crippen LogP contribution in [0.2, 0.25) is 5.15 Å². The molecule has 0 unspecified atom stereocenters. The van der Waals surface area contributed by atoms with E-state index in [0.29, 0.717) is 5.56 Å². The van der Waals surface area contributed by atoms with E-state index in [1.165, 1.54) is 12.1 Å². The van der Waals surface area contributed by atoms with Gasteiger partial charge >= 0.3 is 5.69 Å². The summed E-state index contributed by atoms with van der Waals surface area (Å²) in [5.41, 5.74) is 1.08. The van der Waals surface area contributed by atoms with Crippen molar-refractivity contribution < 1.29 is 9.72 Å². The zero-order chi connectivity index (χ0) is 14.7. The Morgan fingerprint density at radius 2 is 1.90 bits per heavy atom. The zero-order valence-corrected chi connectivity index (χ0v) is 11.2. The molecule has 0 fully saturated rings. The quantitative estimate of drug-likeness (QED) is 0.534. The van der Waals surface area contributed by atoms with Gasteiger partial charge in [-0.05, 0) is 25.1 Å². The highest BCUT2D eigenvalue weighted by Gasteiger charge is 2.18. The van der Waals surface area contributed by atoms with E-state index < -0.39 is 10.8 Å². The van der Waals surface area contributed by atoms with Crippen LogP contribution < -0.4 is 5.32 Å². The number of hydrogen-bond acceptors (Lipinski definition) is 4. The van der Waals surface area contributed by atoms with Crippen LogP contribution in [0.15, 0.2) is 36.4 Å². The Hall–Kier alpha value is -2.47. The first-order chi connectivity index (χ1) is 9.47. The normalized spacial score (nSPS) is 10.1. The fourth-order valence-electron chi connectivity index (χ4n) is 1.55. The number of carbonyl (C=O) groups is 1. The summed E-state index contributed by atoms with van der Waals surface area (Å²) in [6.45, 7) is 1.89. The fourth-order valence-corrected chi connectivity index (χ4v) is 1.70. The Bertz CT molecular complexity index is 671. The van der Waals surface area contributed by atoms with Crippen molar-refractivity contribution in [3.05, 3.63) is 62.8 Å². The molecule has 2 aromatic rings. The van der Waals surface area contributed by atoms with Gasteiger partial charge in [0.05, 0.1) is 4.92 Å². The molecular weight excluding hydrogens is 282 g/mol. The average molecular weight is 292 g/mol. The molecule has 2 rings (SSSR count). The van der Waals surface area contributed by atoms with Crippen molar-refractivity contribution in [2.45, 2.75) is 6.92 Å². The molecule has 7 heteroatoms. The second-order valence-corrected chi connectivity index (χ2v) is 4.47. The minimum atomic E-state index is -0.631. The third kappa shape index (κ3) is 3.10. The van der Waals surface area contributed by atoms with Gasteiger partial charge in [-0.2, -0.15) is 0 Å². The van der Waals surface area contributed by atoms with E-state index in [1.807, 2.05) is 6.92 Å². The number of halogens is 1. The molecule has 0 radical (unpaired) electrons. The van der Waals surface area contributed by atoms with Crippen LogP contribution >= 0.6 is 11.6 Å². The summed E-state index contributed by atoms with van der Waals surface area (Å²) in [7, 11) is 0. The summed E-state index contributed by atoms with van der Waals surface area (Å²) >= 11 is 5.69. The van der Waals surface area contributed by atoms with E-state index in [1.54, 1.807) is 24.3 Å². The van der Waals surface area contributed by atoms with Gasteiger partial charge in [-0.15, -0.1) is 0 Å². The number of hydrogen-bond donors (Lipinski definition) is 1. The number of aryl methyl sites for hydroxylation is 1. The summed E-state index contributed by atoms with van der Waals surface area (Å²) in [6, 6.07) is 9.28. The molecule has 0 bridgehead atoms. The molecule has 1 aromatic carbocycles. The van der Waals surface area contributed by atoms with Gasteiger partial charge in [0.1, 0.15) is 5.15 Å². The maximum Gasteiger partial charge on any atom is 0.311 e. The molecule has 0 saturated heterocycles. The average Bonchev–Trinajstić information content (AvgIpc) is 2.39. The Labute approximate surface area is 119 Å². The second kappa shape index (κ2) is 5.66. The van der Waals surface area contributed by atoms with E-state index in [-0.39, 0.29) is 16.7 Å². The third-order valence-corrected chi connectivity index (χ3v) is 2.79.